The molecule has 0 aliphatic carbocycles. The normalized spacial score (nSPS) is 12.5. The highest BCUT2D eigenvalue weighted by atomic mass is 79.9. The molecule has 0 aliphatic heterocycles. The fourth-order valence-corrected chi connectivity index (χ4v) is 2.21. The Labute approximate surface area is 126 Å². The highest BCUT2D eigenvalue weighted by Crippen LogP contribution is 2.26. The van der Waals surface area contributed by atoms with Crippen molar-refractivity contribution in [3.05, 3.63) is 58.1 Å². The number of benzene rings is 1. The minimum absolute atomic E-state index is 0.0488. The van der Waals surface area contributed by atoms with Crippen molar-refractivity contribution < 1.29 is 9.13 Å². The highest BCUT2D eigenvalue weighted by Gasteiger charge is 2.15. The van der Waals surface area contributed by atoms with Crippen molar-refractivity contribution in [2.75, 3.05) is 0 Å². The summed E-state index contributed by atoms with van der Waals surface area (Å²) >= 11 is 3.23. The molecule has 5 heteroatoms. The number of pyridine rings is 1. The predicted molar refractivity (Wildman–Crippen MR) is 80.1 cm³/mol. The van der Waals surface area contributed by atoms with E-state index in [1.54, 1.807) is 30.6 Å². The number of hydrogen-bond donors (Lipinski definition) is 1. The third-order valence-corrected chi connectivity index (χ3v) is 3.26. The second-order valence-corrected chi connectivity index (χ2v) is 5.68. The van der Waals surface area contributed by atoms with Crippen LogP contribution in [0.25, 0.3) is 0 Å². The first-order valence-corrected chi connectivity index (χ1v) is 7.09. The van der Waals surface area contributed by atoms with Crippen LogP contribution in [0.5, 0.6) is 5.75 Å². The van der Waals surface area contributed by atoms with Crippen LogP contribution in [0.3, 0.4) is 0 Å². The summed E-state index contributed by atoms with van der Waals surface area (Å²) in [5.41, 5.74) is 7.26. The number of hydrogen-bond acceptors (Lipinski definition) is 3. The average Bonchev–Trinajstić information content (AvgIpc) is 2.37. The molecule has 3 nitrogen and oxygen atoms in total. The molecule has 0 spiro atoms. The van der Waals surface area contributed by atoms with E-state index in [2.05, 4.69) is 20.9 Å². The zero-order valence-corrected chi connectivity index (χ0v) is 12.9. The van der Waals surface area contributed by atoms with Crippen molar-refractivity contribution in [2.45, 2.75) is 26.0 Å². The summed E-state index contributed by atoms with van der Waals surface area (Å²) in [4.78, 5) is 4.09. The van der Waals surface area contributed by atoms with Crippen molar-refractivity contribution in [3.8, 4) is 5.75 Å². The molecule has 0 fully saturated rings. The van der Waals surface area contributed by atoms with E-state index in [-0.39, 0.29) is 11.9 Å². The molecule has 1 unspecified atom stereocenters. The summed E-state index contributed by atoms with van der Waals surface area (Å²) in [6.45, 7) is 3.86. The number of aromatic nitrogens is 1. The summed E-state index contributed by atoms with van der Waals surface area (Å²) in [5.74, 6) is 0.285. The van der Waals surface area contributed by atoms with E-state index in [1.165, 1.54) is 6.07 Å². The van der Waals surface area contributed by atoms with Crippen LogP contribution in [0.4, 0.5) is 4.39 Å². The molecule has 1 aromatic heterocycles. The van der Waals surface area contributed by atoms with E-state index >= 15 is 0 Å². The van der Waals surface area contributed by atoms with Gasteiger partial charge in [-0.2, -0.15) is 0 Å². The molecular formula is C15H16BrFN2O. The van der Waals surface area contributed by atoms with Crippen LogP contribution in [0.1, 0.15) is 31.0 Å². The van der Waals surface area contributed by atoms with Crippen LogP contribution in [-0.4, -0.2) is 11.1 Å². The summed E-state index contributed by atoms with van der Waals surface area (Å²) in [5, 5.41) is 0. The Kier molecular flexibility index (Phi) is 4.73. The smallest absolute Gasteiger partial charge is 0.138 e. The molecule has 0 saturated carbocycles. The minimum Gasteiger partial charge on any atom is -0.489 e. The fourth-order valence-electron chi connectivity index (χ4n) is 1.88. The molecule has 0 amide bonds. The van der Waals surface area contributed by atoms with Crippen LogP contribution >= 0.6 is 15.9 Å². The zero-order chi connectivity index (χ0) is 14.7. The molecule has 2 N–H and O–H groups in total. The van der Waals surface area contributed by atoms with Crippen LogP contribution in [-0.2, 0) is 0 Å². The second kappa shape index (κ2) is 6.33. The van der Waals surface area contributed by atoms with Crippen molar-refractivity contribution in [3.63, 3.8) is 0 Å². The average molecular weight is 339 g/mol. The molecule has 1 atom stereocenters. The number of nitrogens with zero attached hydrogens (tertiary/aromatic N) is 1. The molecule has 0 saturated heterocycles. The van der Waals surface area contributed by atoms with Gasteiger partial charge in [0.15, 0.2) is 0 Å². The van der Waals surface area contributed by atoms with Crippen LogP contribution in [0.15, 0.2) is 41.1 Å². The van der Waals surface area contributed by atoms with E-state index in [0.717, 1.165) is 0 Å². The third-order valence-electron chi connectivity index (χ3n) is 2.76. The van der Waals surface area contributed by atoms with Gasteiger partial charge in [-0.05, 0) is 37.6 Å². The Morgan fingerprint density at radius 2 is 2.00 bits per heavy atom. The molecule has 0 aliphatic rings. The topological polar surface area (TPSA) is 48.1 Å². The lowest BCUT2D eigenvalue weighted by atomic mass is 10.0. The number of halogens is 2. The Morgan fingerprint density at radius 3 is 2.65 bits per heavy atom. The van der Waals surface area contributed by atoms with Gasteiger partial charge in [-0.15, -0.1) is 0 Å². The van der Waals surface area contributed by atoms with Crippen molar-refractivity contribution in [1.29, 1.82) is 0 Å². The molecule has 2 aromatic rings. The minimum atomic E-state index is -0.577. The summed E-state index contributed by atoms with van der Waals surface area (Å²) in [6, 6.07) is 6.04. The Morgan fingerprint density at radius 1 is 1.25 bits per heavy atom. The summed E-state index contributed by atoms with van der Waals surface area (Å²) in [6.07, 6.45) is 3.29. The third kappa shape index (κ3) is 3.55. The summed E-state index contributed by atoms with van der Waals surface area (Å²) < 4.78 is 20.2. The maximum atomic E-state index is 13.9. The van der Waals surface area contributed by atoms with E-state index in [4.69, 9.17) is 10.5 Å². The Bertz CT molecular complexity index is 604. The lowest BCUT2D eigenvalue weighted by Crippen LogP contribution is -2.14. The van der Waals surface area contributed by atoms with Gasteiger partial charge in [-0.1, -0.05) is 22.0 Å². The lowest BCUT2D eigenvalue weighted by molar-refractivity contribution is 0.241. The number of rotatable bonds is 4. The first-order chi connectivity index (χ1) is 9.47. The quantitative estimate of drug-likeness (QED) is 0.921. The van der Waals surface area contributed by atoms with Crippen LogP contribution < -0.4 is 10.5 Å². The molecule has 0 radical (unpaired) electrons. The Balaban J connectivity index is 2.30. The van der Waals surface area contributed by atoms with E-state index in [0.29, 0.717) is 21.3 Å². The molecule has 2 rings (SSSR count). The van der Waals surface area contributed by atoms with Gasteiger partial charge in [0.1, 0.15) is 11.6 Å². The maximum absolute atomic E-state index is 13.9. The van der Waals surface area contributed by atoms with Gasteiger partial charge in [0.25, 0.3) is 0 Å². The van der Waals surface area contributed by atoms with Crippen molar-refractivity contribution in [2.24, 2.45) is 5.73 Å². The van der Waals surface area contributed by atoms with E-state index in [9.17, 15) is 4.39 Å². The molecule has 106 valence electrons. The first-order valence-electron chi connectivity index (χ1n) is 6.29. The van der Waals surface area contributed by atoms with Crippen LogP contribution in [0.2, 0.25) is 0 Å². The SMILES string of the molecule is CC(C)Oc1cncc(C(N)c2ccc(Br)cc2F)c1. The van der Waals surface area contributed by atoms with E-state index in [1.807, 2.05) is 13.8 Å². The summed E-state index contributed by atoms with van der Waals surface area (Å²) in [7, 11) is 0. The molecule has 1 aromatic carbocycles. The molecular weight excluding hydrogens is 323 g/mol. The van der Waals surface area contributed by atoms with E-state index < -0.39 is 6.04 Å². The zero-order valence-electron chi connectivity index (χ0n) is 11.3. The number of nitrogens with two attached hydrogens (primary N) is 1. The fraction of sp³-hybridized carbons (Fsp3) is 0.267. The van der Waals surface area contributed by atoms with Gasteiger partial charge >= 0.3 is 0 Å². The molecule has 20 heavy (non-hydrogen) atoms. The molecule has 1 heterocycles. The van der Waals surface area contributed by atoms with Gasteiger partial charge in [0.2, 0.25) is 0 Å². The van der Waals surface area contributed by atoms with Gasteiger partial charge in [0.05, 0.1) is 18.3 Å². The Hall–Kier alpha value is -1.46. The highest BCUT2D eigenvalue weighted by molar-refractivity contribution is 9.10. The standard InChI is InChI=1S/C15H16BrFN2O/c1-9(2)20-12-5-10(7-19-8-12)15(18)13-4-3-11(16)6-14(13)17/h3-9,15H,18H2,1-2H3. The molecule has 0 bridgehead atoms. The lowest BCUT2D eigenvalue weighted by Gasteiger charge is -2.15. The van der Waals surface area contributed by atoms with Gasteiger partial charge < -0.3 is 10.5 Å². The van der Waals surface area contributed by atoms with Crippen molar-refractivity contribution in [1.82, 2.24) is 4.98 Å². The first kappa shape index (κ1) is 14.9. The number of ether oxygens (including phenoxy) is 1. The van der Waals surface area contributed by atoms with Gasteiger partial charge in [-0.25, -0.2) is 4.39 Å². The largest absolute Gasteiger partial charge is 0.489 e. The maximum Gasteiger partial charge on any atom is 0.138 e. The monoisotopic (exact) mass is 338 g/mol. The van der Waals surface area contributed by atoms with Crippen LogP contribution in [0, 0.1) is 5.82 Å². The predicted octanol–water partition coefficient (Wildman–Crippen LogP) is 3.82. The van der Waals surface area contributed by atoms with Gasteiger partial charge in [-0.3, -0.25) is 4.98 Å². The van der Waals surface area contributed by atoms with Crippen molar-refractivity contribution >= 4 is 15.9 Å². The van der Waals surface area contributed by atoms with Gasteiger partial charge in [0, 0.05) is 16.2 Å². The second-order valence-electron chi connectivity index (χ2n) is 4.76.